The molecule has 10 nitrogen and oxygen atoms in total. The Morgan fingerprint density at radius 3 is 2.47 bits per heavy atom. The first-order chi connectivity index (χ1) is 17.5. The van der Waals surface area contributed by atoms with Gasteiger partial charge in [-0.2, -0.15) is 0 Å². The van der Waals surface area contributed by atoms with Crippen LogP contribution in [0.3, 0.4) is 0 Å². The molecule has 4 rings (SSSR count). The Labute approximate surface area is 220 Å². The van der Waals surface area contributed by atoms with Crippen molar-refractivity contribution in [3.05, 3.63) is 45.5 Å². The van der Waals surface area contributed by atoms with Crippen LogP contribution < -0.4 is 11.1 Å². The number of hydrogen-bond acceptors (Lipinski definition) is 9. The van der Waals surface area contributed by atoms with E-state index in [2.05, 4.69) is 5.32 Å². The molecular weight excluding hydrogens is 495 g/mol. The van der Waals surface area contributed by atoms with Crippen LogP contribution >= 0.6 is 0 Å². The Balaban J connectivity index is 1.83. The highest BCUT2D eigenvalue weighted by Gasteiger charge is 2.63. The monoisotopic (exact) mass is 530 g/mol. The number of carbonyl (C=O) groups excluding carboxylic acids is 2. The minimum Gasteiger partial charge on any atom is -0.510 e. The van der Waals surface area contributed by atoms with Gasteiger partial charge in [0.2, 0.25) is 5.78 Å². The number of aliphatic hydroxyl groups is 3. The van der Waals surface area contributed by atoms with Crippen molar-refractivity contribution in [1.29, 1.82) is 5.41 Å². The summed E-state index contributed by atoms with van der Waals surface area (Å²) in [5.74, 6) is -6.31. The summed E-state index contributed by atoms with van der Waals surface area (Å²) in [6, 6.07) is 0.152. The summed E-state index contributed by atoms with van der Waals surface area (Å²) in [4.78, 5) is 27.4. The van der Waals surface area contributed by atoms with Gasteiger partial charge in [0.05, 0.1) is 17.3 Å². The number of carbonyl (C=O) groups is 2. The number of nitrogens with two attached hydrogens (primary N) is 1. The largest absolute Gasteiger partial charge is 0.510 e. The number of halogens is 1. The molecule has 11 heteroatoms. The van der Waals surface area contributed by atoms with Crippen molar-refractivity contribution in [1.82, 2.24) is 10.2 Å². The smallest absolute Gasteiger partial charge is 0.254 e. The molecule has 4 atom stereocenters. The van der Waals surface area contributed by atoms with E-state index >= 15 is 4.39 Å². The fourth-order valence-corrected chi connectivity index (χ4v) is 6.10. The number of ketones is 1. The second kappa shape index (κ2) is 9.18. The summed E-state index contributed by atoms with van der Waals surface area (Å²) < 4.78 is 15.7. The van der Waals surface area contributed by atoms with Crippen LogP contribution in [0.15, 0.2) is 23.0 Å². The Hall–Kier alpha value is -3.28. The second-order valence-corrected chi connectivity index (χ2v) is 11.9. The summed E-state index contributed by atoms with van der Waals surface area (Å²) in [6.45, 7) is 6.81. The minimum absolute atomic E-state index is 0.0187. The molecule has 0 saturated heterocycles. The van der Waals surface area contributed by atoms with Crippen molar-refractivity contribution in [2.75, 3.05) is 20.6 Å². The molecule has 1 saturated carbocycles. The molecule has 3 aliphatic rings. The Morgan fingerprint density at radius 2 is 1.92 bits per heavy atom. The molecule has 0 aliphatic heterocycles. The van der Waals surface area contributed by atoms with E-state index in [0.717, 1.165) is 0 Å². The maximum absolute atomic E-state index is 15.7. The summed E-state index contributed by atoms with van der Waals surface area (Å²) in [6.07, 6.45) is -0.0741. The van der Waals surface area contributed by atoms with Crippen LogP contribution in [-0.2, 0) is 22.6 Å². The molecular formula is C27H35FN4O6. The molecule has 0 bridgehead atoms. The Bertz CT molecular complexity index is 1310. The molecule has 1 amide bonds. The van der Waals surface area contributed by atoms with Gasteiger partial charge in [-0.15, -0.1) is 0 Å². The summed E-state index contributed by atoms with van der Waals surface area (Å²) in [5.41, 5.74) is 1.02. The zero-order valence-corrected chi connectivity index (χ0v) is 22.1. The number of rotatable bonds is 5. The molecule has 0 heterocycles. The Morgan fingerprint density at radius 1 is 1.29 bits per heavy atom. The van der Waals surface area contributed by atoms with Crippen LogP contribution in [0.25, 0.3) is 5.76 Å². The highest BCUT2D eigenvalue weighted by atomic mass is 19.1. The normalized spacial score (nSPS) is 27.4. The summed E-state index contributed by atoms with van der Waals surface area (Å²) >= 11 is 0. The molecule has 1 aromatic rings. The van der Waals surface area contributed by atoms with Crippen LogP contribution in [0.2, 0.25) is 0 Å². The van der Waals surface area contributed by atoms with Gasteiger partial charge in [-0.1, -0.05) is 20.8 Å². The number of Topliss-reactive ketones (excluding diaryl/α,β-unsaturated/α-hetero) is 1. The third kappa shape index (κ3) is 4.09. The average Bonchev–Trinajstić information content (AvgIpc) is 2.78. The molecule has 206 valence electrons. The standard InChI is InChI=1S/C27H35FN4O6/c1-26(2,3)10-31-9-12-8-15(33)17-13(19(12)28)6-11-7-14-20(32(4)5)22(35)18(25(30)37)23(29)27(14,38)24(36)16(11)21(17)34/h8,11,14,20,29,31,33-35,38H,6-7,9-10H2,1-5H3,(H2,30,37)/t11-,14-,20-,27+/m0/s1. The third-order valence-electron chi connectivity index (χ3n) is 7.75. The highest BCUT2D eigenvalue weighted by Crippen LogP contribution is 2.52. The number of benzene rings is 1. The lowest BCUT2D eigenvalue weighted by molar-refractivity contribution is -0.138. The van der Waals surface area contributed by atoms with Gasteiger partial charge in [0.15, 0.2) is 5.60 Å². The molecule has 8 N–H and O–H groups in total. The number of nitrogens with zero attached hydrogens (tertiary/aromatic N) is 1. The molecule has 0 radical (unpaired) electrons. The first-order valence-electron chi connectivity index (χ1n) is 12.5. The van der Waals surface area contributed by atoms with Crippen molar-refractivity contribution >= 4 is 23.2 Å². The number of aromatic hydroxyl groups is 1. The predicted octanol–water partition coefficient (Wildman–Crippen LogP) is 1.69. The lowest BCUT2D eigenvalue weighted by atomic mass is 9.57. The van der Waals surface area contributed by atoms with Crippen LogP contribution in [0, 0.1) is 28.5 Å². The van der Waals surface area contributed by atoms with Gasteiger partial charge in [-0.05, 0) is 44.3 Å². The van der Waals surface area contributed by atoms with Crippen LogP contribution in [-0.4, -0.2) is 75.0 Å². The van der Waals surface area contributed by atoms with E-state index in [-0.39, 0.29) is 47.1 Å². The SMILES string of the molecule is CN(C)[C@@H]1C(O)=C(C(N)=O)C(=N)[C@@]2(O)C(=O)C3=C(O)c4c(O)cc(CNCC(C)(C)C)c(F)c4C[C@H]3C[C@@H]12. The minimum atomic E-state index is -2.58. The molecule has 1 aromatic carbocycles. The van der Waals surface area contributed by atoms with E-state index in [1.165, 1.54) is 11.0 Å². The van der Waals surface area contributed by atoms with Gasteiger partial charge in [0, 0.05) is 35.7 Å². The number of fused-ring (bicyclic) bond motifs is 3. The Kier molecular flexibility index (Phi) is 6.70. The van der Waals surface area contributed by atoms with E-state index in [1.807, 2.05) is 20.8 Å². The van der Waals surface area contributed by atoms with E-state index in [9.17, 15) is 30.0 Å². The number of likely N-dealkylation sites (N-methyl/N-ethyl adjacent to an activating group) is 1. The molecule has 0 spiro atoms. The van der Waals surface area contributed by atoms with Crippen molar-refractivity contribution in [3.8, 4) is 5.75 Å². The van der Waals surface area contributed by atoms with Gasteiger partial charge in [0.1, 0.15) is 28.7 Å². The van der Waals surface area contributed by atoms with Crippen LogP contribution in [0.5, 0.6) is 5.75 Å². The van der Waals surface area contributed by atoms with Crippen molar-refractivity contribution in [2.24, 2.45) is 23.0 Å². The number of nitrogens with one attached hydrogen (secondary N) is 2. The lowest BCUT2D eigenvalue weighted by Gasteiger charge is -2.51. The molecule has 38 heavy (non-hydrogen) atoms. The summed E-state index contributed by atoms with van der Waals surface area (Å²) in [7, 11) is 3.15. The number of primary amides is 1. The fourth-order valence-electron chi connectivity index (χ4n) is 6.10. The number of aliphatic hydroxyl groups excluding tert-OH is 2. The van der Waals surface area contributed by atoms with E-state index in [1.54, 1.807) is 14.1 Å². The third-order valence-corrected chi connectivity index (χ3v) is 7.75. The predicted molar refractivity (Wildman–Crippen MR) is 138 cm³/mol. The molecule has 1 fully saturated rings. The van der Waals surface area contributed by atoms with Crippen LogP contribution in [0.4, 0.5) is 4.39 Å². The molecule has 0 aromatic heterocycles. The van der Waals surface area contributed by atoms with Gasteiger partial charge in [0.25, 0.3) is 5.91 Å². The van der Waals surface area contributed by atoms with Crippen LogP contribution in [0.1, 0.15) is 43.9 Å². The van der Waals surface area contributed by atoms with Crippen molar-refractivity contribution in [2.45, 2.75) is 51.8 Å². The molecule has 3 aliphatic carbocycles. The first kappa shape index (κ1) is 27.7. The highest BCUT2D eigenvalue weighted by molar-refractivity contribution is 6.33. The zero-order valence-electron chi connectivity index (χ0n) is 22.1. The topological polar surface area (TPSA) is 180 Å². The second-order valence-electron chi connectivity index (χ2n) is 11.9. The first-order valence-corrected chi connectivity index (χ1v) is 12.5. The van der Waals surface area contributed by atoms with Crippen molar-refractivity contribution < 1.29 is 34.4 Å². The van der Waals surface area contributed by atoms with Gasteiger partial charge >= 0.3 is 0 Å². The van der Waals surface area contributed by atoms with E-state index < -0.39 is 69.5 Å². The lowest BCUT2D eigenvalue weighted by Crippen LogP contribution is -2.67. The quantitative estimate of drug-likeness (QED) is 0.300. The van der Waals surface area contributed by atoms with Gasteiger partial charge in [-0.25, -0.2) is 4.39 Å². The molecule has 0 unspecified atom stereocenters. The number of amides is 1. The van der Waals surface area contributed by atoms with Crippen molar-refractivity contribution in [3.63, 3.8) is 0 Å². The van der Waals surface area contributed by atoms with E-state index in [4.69, 9.17) is 11.1 Å². The van der Waals surface area contributed by atoms with E-state index in [0.29, 0.717) is 6.54 Å². The maximum atomic E-state index is 15.7. The maximum Gasteiger partial charge on any atom is 0.254 e. The number of phenolic OH excluding ortho intramolecular Hbond substituents is 1. The summed E-state index contributed by atoms with van der Waals surface area (Å²) in [5, 5.41) is 56.1. The van der Waals surface area contributed by atoms with Gasteiger partial charge in [-0.3, -0.25) is 14.5 Å². The number of phenols is 1. The fraction of sp³-hybridized carbons (Fsp3) is 0.519. The number of hydrogen-bond donors (Lipinski definition) is 7. The van der Waals surface area contributed by atoms with Gasteiger partial charge < -0.3 is 36.9 Å². The zero-order chi connectivity index (χ0) is 28.5. The average molecular weight is 531 g/mol.